The largest absolute Gasteiger partial charge is 0.480 e. The van der Waals surface area contributed by atoms with Crippen LogP contribution in [0.4, 0.5) is 0 Å². The van der Waals surface area contributed by atoms with Gasteiger partial charge in [-0.15, -0.1) is 0 Å². The Morgan fingerprint density at radius 3 is 2.05 bits per heavy atom. The van der Waals surface area contributed by atoms with Gasteiger partial charge in [0.2, 0.25) is 17.7 Å². The number of carbonyl (C=O) groups is 4. The summed E-state index contributed by atoms with van der Waals surface area (Å²) in [6.45, 7) is 6.25. The lowest BCUT2D eigenvalue weighted by Gasteiger charge is -2.29. The van der Waals surface area contributed by atoms with Gasteiger partial charge in [0.15, 0.2) is 0 Å². The molecule has 1 unspecified atom stereocenters. The van der Waals surface area contributed by atoms with Gasteiger partial charge >= 0.3 is 5.97 Å². The van der Waals surface area contributed by atoms with Crippen LogP contribution in [-0.4, -0.2) is 84.7 Å². The smallest absolute Gasteiger partial charge is 0.326 e. The van der Waals surface area contributed by atoms with Crippen LogP contribution in [0.5, 0.6) is 0 Å². The van der Waals surface area contributed by atoms with Gasteiger partial charge in [0.1, 0.15) is 18.1 Å². The zero-order valence-corrected chi connectivity index (χ0v) is 23.9. The molecular weight excluding hydrogens is 524 g/mol. The molecule has 1 fully saturated rings. The molecule has 1 saturated heterocycles. The molecule has 41 heavy (non-hydrogen) atoms. The van der Waals surface area contributed by atoms with Crippen molar-refractivity contribution in [2.45, 2.75) is 57.7 Å². The van der Waals surface area contributed by atoms with Crippen LogP contribution in [0.2, 0.25) is 0 Å². The van der Waals surface area contributed by atoms with Gasteiger partial charge in [-0.05, 0) is 29.9 Å². The summed E-state index contributed by atoms with van der Waals surface area (Å²) >= 11 is 0. The second-order valence-corrected chi connectivity index (χ2v) is 10.5. The van der Waals surface area contributed by atoms with E-state index in [0.29, 0.717) is 45.6 Å². The van der Waals surface area contributed by atoms with Crippen molar-refractivity contribution in [2.24, 2.45) is 5.92 Å². The number of amides is 3. The van der Waals surface area contributed by atoms with E-state index < -0.39 is 35.9 Å². The first-order chi connectivity index (χ1) is 19.8. The molecule has 10 nitrogen and oxygen atoms in total. The maximum absolute atomic E-state index is 13.6. The lowest BCUT2D eigenvalue weighted by Crippen LogP contribution is -2.58. The second-order valence-electron chi connectivity index (χ2n) is 10.5. The number of aryl methyl sites for hydroxylation is 1. The van der Waals surface area contributed by atoms with Crippen LogP contribution in [0.25, 0.3) is 0 Å². The molecule has 0 radical (unpaired) electrons. The van der Waals surface area contributed by atoms with Gasteiger partial charge in [-0.3, -0.25) is 19.3 Å². The minimum absolute atomic E-state index is 0.111. The van der Waals surface area contributed by atoms with Crippen molar-refractivity contribution in [3.63, 3.8) is 0 Å². The fourth-order valence-corrected chi connectivity index (χ4v) is 4.69. The van der Waals surface area contributed by atoms with Crippen LogP contribution < -0.4 is 16.0 Å². The molecule has 10 heteroatoms. The van der Waals surface area contributed by atoms with Crippen molar-refractivity contribution < 1.29 is 29.0 Å². The molecular formula is C31H42N4O6. The van der Waals surface area contributed by atoms with Gasteiger partial charge < -0.3 is 25.8 Å². The number of nitrogens with one attached hydrogen (secondary N) is 3. The number of carbonyl (C=O) groups excluding carboxylic acids is 3. The maximum Gasteiger partial charge on any atom is 0.326 e. The first-order valence-corrected chi connectivity index (χ1v) is 14.3. The Bertz CT molecular complexity index is 1120. The molecule has 1 aliphatic heterocycles. The Balaban J connectivity index is 1.71. The number of nitrogens with zero attached hydrogens (tertiary/aromatic N) is 1. The first-order valence-electron chi connectivity index (χ1n) is 14.3. The van der Waals surface area contributed by atoms with Crippen molar-refractivity contribution in [3.8, 4) is 0 Å². The standard InChI is InChI=1S/C31H42N4O6/c1-3-22(2)28(30(38)33-26(31(39)40)20-24-12-8-5-9-13-24)34-29(37)25(15-14-23-10-6-4-7-11-23)32-27(36)21-35-16-18-41-19-17-35/h4-13,22,25-26,28H,3,14-21H2,1-2H3,(H,32,36)(H,33,38)(H,34,37)(H,39,40)/t22?,25-,26-,28-/m0/s1. The van der Waals surface area contributed by atoms with Crippen LogP contribution in [0, 0.1) is 5.92 Å². The normalized spacial score (nSPS) is 16.5. The molecule has 3 rings (SSSR count). The van der Waals surface area contributed by atoms with E-state index in [1.165, 1.54) is 0 Å². The number of carboxylic acid groups (broad SMARTS) is 1. The average Bonchev–Trinajstić information content (AvgIpc) is 2.98. The second kappa shape index (κ2) is 16.5. The molecule has 2 aromatic carbocycles. The zero-order valence-electron chi connectivity index (χ0n) is 23.9. The molecule has 0 spiro atoms. The van der Waals surface area contributed by atoms with Gasteiger partial charge in [0.25, 0.3) is 0 Å². The fourth-order valence-electron chi connectivity index (χ4n) is 4.69. The predicted octanol–water partition coefficient (Wildman–Crippen LogP) is 1.78. The Morgan fingerprint density at radius 2 is 1.46 bits per heavy atom. The van der Waals surface area contributed by atoms with Crippen LogP contribution >= 0.6 is 0 Å². The molecule has 3 amide bonds. The molecule has 0 aliphatic carbocycles. The molecule has 0 aromatic heterocycles. The lowest BCUT2D eigenvalue weighted by molar-refractivity contribution is -0.142. The zero-order chi connectivity index (χ0) is 29.6. The van der Waals surface area contributed by atoms with Crippen molar-refractivity contribution in [1.82, 2.24) is 20.9 Å². The van der Waals surface area contributed by atoms with E-state index in [1.54, 1.807) is 24.3 Å². The molecule has 2 aromatic rings. The number of hydrogen-bond donors (Lipinski definition) is 4. The van der Waals surface area contributed by atoms with Crippen LogP contribution in [0.15, 0.2) is 60.7 Å². The highest BCUT2D eigenvalue weighted by molar-refractivity contribution is 5.93. The maximum atomic E-state index is 13.6. The summed E-state index contributed by atoms with van der Waals surface area (Å²) in [5.41, 5.74) is 1.79. The summed E-state index contributed by atoms with van der Waals surface area (Å²) in [7, 11) is 0. The van der Waals surface area contributed by atoms with E-state index >= 15 is 0 Å². The van der Waals surface area contributed by atoms with Crippen molar-refractivity contribution >= 4 is 23.7 Å². The average molecular weight is 567 g/mol. The Labute approximate surface area is 241 Å². The van der Waals surface area contributed by atoms with Crippen molar-refractivity contribution in [3.05, 3.63) is 71.8 Å². The molecule has 0 bridgehead atoms. The summed E-state index contributed by atoms with van der Waals surface area (Å²) in [5.74, 6) is -2.76. The third-order valence-corrected chi connectivity index (χ3v) is 7.38. The first kappa shape index (κ1) is 31.8. The van der Waals surface area contributed by atoms with Crippen LogP contribution in [-0.2, 0) is 36.8 Å². The number of carboxylic acids is 1. The van der Waals surface area contributed by atoms with E-state index in [9.17, 15) is 24.3 Å². The SMILES string of the molecule is CCC(C)[C@H](NC(=O)[C@H](CCc1ccccc1)NC(=O)CN1CCOCC1)C(=O)N[C@@H](Cc1ccccc1)C(=O)O. The predicted molar refractivity (Wildman–Crippen MR) is 155 cm³/mol. The molecule has 1 aliphatic rings. The van der Waals surface area contributed by atoms with Gasteiger partial charge in [0.05, 0.1) is 19.8 Å². The molecule has 222 valence electrons. The lowest BCUT2D eigenvalue weighted by atomic mass is 9.96. The summed E-state index contributed by atoms with van der Waals surface area (Å²) in [6, 6.07) is 15.7. The van der Waals surface area contributed by atoms with Gasteiger partial charge in [-0.1, -0.05) is 80.9 Å². The Kier molecular flexibility index (Phi) is 12.8. The molecule has 0 saturated carbocycles. The van der Waals surface area contributed by atoms with Gasteiger partial charge in [-0.2, -0.15) is 0 Å². The number of morpholine rings is 1. The van der Waals surface area contributed by atoms with E-state index in [1.807, 2.05) is 55.1 Å². The highest BCUT2D eigenvalue weighted by Crippen LogP contribution is 2.12. The summed E-state index contributed by atoms with van der Waals surface area (Å²) in [4.78, 5) is 53.8. The monoisotopic (exact) mass is 566 g/mol. The highest BCUT2D eigenvalue weighted by atomic mass is 16.5. The minimum Gasteiger partial charge on any atom is -0.480 e. The van der Waals surface area contributed by atoms with Crippen LogP contribution in [0.3, 0.4) is 0 Å². The Morgan fingerprint density at radius 1 is 0.854 bits per heavy atom. The summed E-state index contributed by atoms with van der Waals surface area (Å²) in [6.07, 6.45) is 1.58. The van der Waals surface area contributed by atoms with Gasteiger partial charge in [-0.25, -0.2) is 4.79 Å². The topological polar surface area (TPSA) is 137 Å². The van der Waals surface area contributed by atoms with Crippen molar-refractivity contribution in [2.75, 3.05) is 32.8 Å². The number of benzene rings is 2. The number of ether oxygens (including phenoxy) is 1. The minimum atomic E-state index is -1.16. The highest BCUT2D eigenvalue weighted by Gasteiger charge is 2.32. The summed E-state index contributed by atoms with van der Waals surface area (Å²) in [5, 5.41) is 18.1. The molecule has 1 heterocycles. The van der Waals surface area contributed by atoms with E-state index in [2.05, 4.69) is 16.0 Å². The van der Waals surface area contributed by atoms with E-state index in [4.69, 9.17) is 4.74 Å². The molecule has 4 N–H and O–H groups in total. The van der Waals surface area contributed by atoms with Gasteiger partial charge in [0, 0.05) is 19.5 Å². The van der Waals surface area contributed by atoms with Crippen LogP contribution in [0.1, 0.15) is 37.8 Å². The number of rotatable bonds is 15. The van der Waals surface area contributed by atoms with E-state index in [-0.39, 0.29) is 24.8 Å². The fraction of sp³-hybridized carbons (Fsp3) is 0.484. The third-order valence-electron chi connectivity index (χ3n) is 7.38. The Hall–Kier alpha value is -3.76. The summed E-state index contributed by atoms with van der Waals surface area (Å²) < 4.78 is 5.35. The van der Waals surface area contributed by atoms with Crippen molar-refractivity contribution in [1.29, 1.82) is 0 Å². The molecule has 4 atom stereocenters. The third kappa shape index (κ3) is 10.6. The van der Waals surface area contributed by atoms with E-state index in [0.717, 1.165) is 11.1 Å². The number of aliphatic carboxylic acids is 1. The quantitative estimate of drug-likeness (QED) is 0.258. The number of hydrogen-bond acceptors (Lipinski definition) is 6.